The molecule has 0 spiro atoms. The minimum absolute atomic E-state index is 0.0393. The molecular formula is C17H23ClN4O2. The van der Waals surface area contributed by atoms with Crippen molar-refractivity contribution < 1.29 is 9.59 Å². The molecular weight excluding hydrogens is 328 g/mol. The number of benzene rings is 1. The first-order valence-corrected chi connectivity index (χ1v) is 8.74. The number of hydrogen-bond acceptors (Lipinski definition) is 3. The lowest BCUT2D eigenvalue weighted by Crippen LogP contribution is -2.54. The quantitative estimate of drug-likeness (QED) is 0.898. The first kappa shape index (κ1) is 17.0. The maximum Gasteiger partial charge on any atom is 0.315 e. The van der Waals surface area contributed by atoms with Gasteiger partial charge in [-0.05, 0) is 30.5 Å². The normalized spacial score (nSPS) is 22.0. The molecule has 3 amide bonds. The number of carbonyl (C=O) groups excluding carboxylic acids is 2. The summed E-state index contributed by atoms with van der Waals surface area (Å²) in [5.41, 5.74) is 6.59. The van der Waals surface area contributed by atoms with E-state index in [-0.39, 0.29) is 11.9 Å². The van der Waals surface area contributed by atoms with Gasteiger partial charge >= 0.3 is 6.03 Å². The third-order valence-corrected chi connectivity index (χ3v) is 5.08. The van der Waals surface area contributed by atoms with Crippen LogP contribution in [0.3, 0.4) is 0 Å². The molecule has 0 aromatic heterocycles. The molecule has 3 rings (SSSR count). The molecule has 6 nitrogen and oxygen atoms in total. The van der Waals surface area contributed by atoms with E-state index in [4.69, 9.17) is 17.3 Å². The fourth-order valence-corrected chi connectivity index (χ4v) is 3.60. The van der Waals surface area contributed by atoms with E-state index in [0.717, 1.165) is 31.1 Å². The summed E-state index contributed by atoms with van der Waals surface area (Å²) in [7, 11) is 0. The van der Waals surface area contributed by atoms with E-state index in [1.165, 1.54) is 10.5 Å². The van der Waals surface area contributed by atoms with Gasteiger partial charge in [-0.15, -0.1) is 0 Å². The number of likely N-dealkylation sites (tertiary alicyclic amines) is 1. The summed E-state index contributed by atoms with van der Waals surface area (Å²) in [5.74, 6) is 0.0393. The number of rotatable bonds is 3. The molecule has 2 saturated heterocycles. The molecule has 0 bridgehead atoms. The van der Waals surface area contributed by atoms with Crippen molar-refractivity contribution in [3.8, 4) is 0 Å². The zero-order chi connectivity index (χ0) is 17.1. The van der Waals surface area contributed by atoms with Crippen molar-refractivity contribution in [2.24, 2.45) is 5.73 Å². The Labute approximate surface area is 147 Å². The van der Waals surface area contributed by atoms with Crippen LogP contribution in [0.2, 0.25) is 5.02 Å². The van der Waals surface area contributed by atoms with Crippen LogP contribution >= 0.6 is 11.6 Å². The Bertz CT molecular complexity index is 599. The molecule has 1 atom stereocenters. The predicted octanol–water partition coefficient (Wildman–Crippen LogP) is 1.53. The highest BCUT2D eigenvalue weighted by molar-refractivity contribution is 6.30. The first-order valence-electron chi connectivity index (χ1n) is 8.36. The number of halogens is 1. The minimum atomic E-state index is -0.493. The van der Waals surface area contributed by atoms with Gasteiger partial charge in [-0.25, -0.2) is 4.79 Å². The molecule has 2 heterocycles. The third kappa shape index (κ3) is 3.82. The second kappa shape index (κ2) is 7.40. The van der Waals surface area contributed by atoms with Gasteiger partial charge in [-0.1, -0.05) is 23.7 Å². The van der Waals surface area contributed by atoms with E-state index in [1.807, 2.05) is 29.2 Å². The molecule has 7 heteroatoms. The van der Waals surface area contributed by atoms with Gasteiger partial charge in [0.25, 0.3) is 0 Å². The second-order valence-corrected chi connectivity index (χ2v) is 6.85. The molecule has 0 aliphatic carbocycles. The van der Waals surface area contributed by atoms with Gasteiger partial charge in [-0.2, -0.15) is 0 Å². The van der Waals surface area contributed by atoms with Crippen LogP contribution in [0.4, 0.5) is 4.79 Å². The van der Waals surface area contributed by atoms with Crippen LogP contribution in [-0.2, 0) is 11.3 Å². The number of primary amides is 1. The molecule has 2 aliphatic rings. The number of urea groups is 1. The number of nitrogens with zero attached hydrogens (tertiary/aromatic N) is 3. The average Bonchev–Trinajstić information content (AvgIpc) is 3.07. The molecule has 130 valence electrons. The third-order valence-electron chi connectivity index (χ3n) is 4.82. The SMILES string of the molecule is NC(=O)N1CCC[C@@H]1C(=O)N1CCN(Cc2ccc(Cl)cc2)CC1. The van der Waals surface area contributed by atoms with Crippen LogP contribution < -0.4 is 5.73 Å². The maximum absolute atomic E-state index is 12.7. The summed E-state index contributed by atoms with van der Waals surface area (Å²) in [6, 6.07) is 6.99. The molecule has 2 fully saturated rings. The van der Waals surface area contributed by atoms with Crippen molar-refractivity contribution in [1.82, 2.24) is 14.7 Å². The fourth-order valence-electron chi connectivity index (χ4n) is 3.47. The zero-order valence-corrected chi connectivity index (χ0v) is 14.4. The molecule has 2 N–H and O–H groups in total. The zero-order valence-electron chi connectivity index (χ0n) is 13.7. The summed E-state index contributed by atoms with van der Waals surface area (Å²) in [5, 5.41) is 0.740. The standard InChI is InChI=1S/C17H23ClN4O2/c18-14-5-3-13(4-6-14)12-20-8-10-21(11-9-20)16(23)15-2-1-7-22(15)17(19)24/h3-6,15H,1-2,7-12H2,(H2,19,24)/t15-/m1/s1. The molecule has 0 saturated carbocycles. The van der Waals surface area contributed by atoms with Crippen LogP contribution in [0.25, 0.3) is 0 Å². The maximum atomic E-state index is 12.7. The lowest BCUT2D eigenvalue weighted by Gasteiger charge is -2.37. The number of amides is 3. The number of carbonyl (C=O) groups is 2. The van der Waals surface area contributed by atoms with E-state index >= 15 is 0 Å². The van der Waals surface area contributed by atoms with Gasteiger partial charge in [0.1, 0.15) is 6.04 Å². The Hall–Kier alpha value is -1.79. The number of nitrogens with two attached hydrogens (primary N) is 1. The van der Waals surface area contributed by atoms with Crippen LogP contribution in [-0.4, -0.2) is 65.4 Å². The monoisotopic (exact) mass is 350 g/mol. The van der Waals surface area contributed by atoms with E-state index in [2.05, 4.69) is 4.90 Å². The van der Waals surface area contributed by atoms with Crippen LogP contribution in [0.1, 0.15) is 18.4 Å². The fraction of sp³-hybridized carbons (Fsp3) is 0.529. The van der Waals surface area contributed by atoms with E-state index in [0.29, 0.717) is 26.1 Å². The van der Waals surface area contributed by atoms with Crippen molar-refractivity contribution in [2.75, 3.05) is 32.7 Å². The summed E-state index contributed by atoms with van der Waals surface area (Å²) >= 11 is 5.91. The molecule has 0 radical (unpaired) electrons. The molecule has 0 unspecified atom stereocenters. The Kier molecular flexibility index (Phi) is 5.26. The summed E-state index contributed by atoms with van der Waals surface area (Å²) in [6.45, 7) is 4.48. The summed E-state index contributed by atoms with van der Waals surface area (Å²) in [6.07, 6.45) is 1.56. The number of hydrogen-bond donors (Lipinski definition) is 1. The van der Waals surface area contributed by atoms with Crippen molar-refractivity contribution in [3.05, 3.63) is 34.9 Å². The molecule has 24 heavy (non-hydrogen) atoms. The van der Waals surface area contributed by atoms with Gasteiger partial charge in [0.05, 0.1) is 0 Å². The molecule has 2 aliphatic heterocycles. The van der Waals surface area contributed by atoms with E-state index in [9.17, 15) is 9.59 Å². The topological polar surface area (TPSA) is 69.9 Å². The highest BCUT2D eigenvalue weighted by atomic mass is 35.5. The van der Waals surface area contributed by atoms with Gasteiger partial charge in [-0.3, -0.25) is 9.69 Å². The van der Waals surface area contributed by atoms with Crippen molar-refractivity contribution in [2.45, 2.75) is 25.4 Å². The van der Waals surface area contributed by atoms with Gasteiger partial charge in [0.2, 0.25) is 5.91 Å². The van der Waals surface area contributed by atoms with Crippen LogP contribution in [0.5, 0.6) is 0 Å². The minimum Gasteiger partial charge on any atom is -0.351 e. The van der Waals surface area contributed by atoms with Crippen LogP contribution in [0.15, 0.2) is 24.3 Å². The van der Waals surface area contributed by atoms with Gasteiger partial charge < -0.3 is 15.5 Å². The molecule has 1 aromatic carbocycles. The largest absolute Gasteiger partial charge is 0.351 e. The predicted molar refractivity (Wildman–Crippen MR) is 92.6 cm³/mol. The molecule has 1 aromatic rings. The summed E-state index contributed by atoms with van der Waals surface area (Å²) < 4.78 is 0. The van der Waals surface area contributed by atoms with Gasteiger partial charge in [0, 0.05) is 44.3 Å². The Balaban J connectivity index is 1.52. The van der Waals surface area contributed by atoms with Crippen molar-refractivity contribution in [1.29, 1.82) is 0 Å². The summed E-state index contributed by atoms with van der Waals surface area (Å²) in [4.78, 5) is 29.8. The van der Waals surface area contributed by atoms with Crippen LogP contribution in [0, 0.1) is 0 Å². The number of piperazine rings is 1. The average molecular weight is 351 g/mol. The first-order chi connectivity index (χ1) is 11.5. The smallest absolute Gasteiger partial charge is 0.315 e. The van der Waals surface area contributed by atoms with E-state index < -0.39 is 6.03 Å². The van der Waals surface area contributed by atoms with Crippen molar-refractivity contribution >= 4 is 23.5 Å². The lowest BCUT2D eigenvalue weighted by molar-refractivity contribution is -0.137. The van der Waals surface area contributed by atoms with E-state index in [1.54, 1.807) is 0 Å². The van der Waals surface area contributed by atoms with Gasteiger partial charge in [0.15, 0.2) is 0 Å². The Morgan fingerprint density at radius 2 is 1.75 bits per heavy atom. The lowest BCUT2D eigenvalue weighted by atomic mass is 10.1. The van der Waals surface area contributed by atoms with Crippen molar-refractivity contribution in [3.63, 3.8) is 0 Å². The Morgan fingerprint density at radius 1 is 1.08 bits per heavy atom. The second-order valence-electron chi connectivity index (χ2n) is 6.42. The highest BCUT2D eigenvalue weighted by Gasteiger charge is 2.36. The Morgan fingerprint density at radius 3 is 2.38 bits per heavy atom. The highest BCUT2D eigenvalue weighted by Crippen LogP contribution is 2.20.